The zero-order valence-corrected chi connectivity index (χ0v) is 13.5. The van der Waals surface area contributed by atoms with Crippen LogP contribution in [0.5, 0.6) is 5.75 Å². The quantitative estimate of drug-likeness (QED) is 0.751. The van der Waals surface area contributed by atoms with E-state index in [4.69, 9.17) is 16.3 Å². The molecule has 1 heterocycles. The Kier molecular flexibility index (Phi) is 4.78. The van der Waals surface area contributed by atoms with E-state index in [-0.39, 0.29) is 0 Å². The Morgan fingerprint density at radius 1 is 1.09 bits per heavy atom. The van der Waals surface area contributed by atoms with Gasteiger partial charge in [-0.15, -0.1) is 10.2 Å². The first kappa shape index (κ1) is 15.4. The molecule has 1 aromatic heterocycles. The summed E-state index contributed by atoms with van der Waals surface area (Å²) < 4.78 is 7.63. The molecule has 5 nitrogen and oxygen atoms in total. The molecule has 0 spiro atoms. The highest BCUT2D eigenvalue weighted by atomic mass is 35.5. The first-order valence-electron chi connectivity index (χ1n) is 7.26. The molecule has 0 bridgehead atoms. The van der Waals surface area contributed by atoms with Crippen molar-refractivity contribution in [1.29, 1.82) is 0 Å². The van der Waals surface area contributed by atoms with Crippen LogP contribution in [0, 0.1) is 6.92 Å². The van der Waals surface area contributed by atoms with Crippen LogP contribution in [-0.2, 0) is 13.2 Å². The molecule has 0 aliphatic rings. The maximum Gasteiger partial charge on any atom is 0.138 e. The molecule has 3 rings (SSSR count). The molecule has 0 fully saturated rings. The fraction of sp³-hybridized carbons (Fsp3) is 0.176. The van der Waals surface area contributed by atoms with Crippen LogP contribution in [0.25, 0.3) is 0 Å². The lowest BCUT2D eigenvalue weighted by Gasteiger charge is -2.13. The van der Waals surface area contributed by atoms with Crippen molar-refractivity contribution in [2.45, 2.75) is 20.1 Å². The number of nitrogens with one attached hydrogen (secondary N) is 1. The van der Waals surface area contributed by atoms with Gasteiger partial charge in [0.05, 0.1) is 6.54 Å². The van der Waals surface area contributed by atoms with Gasteiger partial charge in [-0.3, -0.25) is 0 Å². The summed E-state index contributed by atoms with van der Waals surface area (Å²) in [6.07, 6.45) is 3.19. The third kappa shape index (κ3) is 4.23. The largest absolute Gasteiger partial charge is 0.489 e. The van der Waals surface area contributed by atoms with Gasteiger partial charge in [0.1, 0.15) is 25.0 Å². The van der Waals surface area contributed by atoms with E-state index in [2.05, 4.69) is 46.8 Å². The van der Waals surface area contributed by atoms with Gasteiger partial charge in [0, 0.05) is 10.6 Å². The van der Waals surface area contributed by atoms with E-state index in [1.165, 1.54) is 5.56 Å². The van der Waals surface area contributed by atoms with Crippen molar-refractivity contribution in [3.05, 3.63) is 76.8 Å². The monoisotopic (exact) mass is 328 g/mol. The minimum absolute atomic E-state index is 0.515. The highest BCUT2D eigenvalue weighted by Gasteiger charge is 2.06. The number of hydrogen-bond acceptors (Lipinski definition) is 4. The summed E-state index contributed by atoms with van der Waals surface area (Å²) in [5.74, 6) is 0.801. The van der Waals surface area contributed by atoms with E-state index in [1.54, 1.807) is 17.3 Å². The van der Waals surface area contributed by atoms with E-state index < -0.39 is 0 Å². The van der Waals surface area contributed by atoms with Crippen LogP contribution in [0.3, 0.4) is 0 Å². The Morgan fingerprint density at radius 3 is 2.57 bits per heavy atom. The van der Waals surface area contributed by atoms with Crippen LogP contribution in [0.1, 0.15) is 16.7 Å². The zero-order chi connectivity index (χ0) is 16.1. The Bertz CT molecular complexity index is 757. The van der Waals surface area contributed by atoms with Gasteiger partial charge in [0.25, 0.3) is 0 Å². The number of aryl methyl sites for hydroxylation is 1. The van der Waals surface area contributed by atoms with Gasteiger partial charge < -0.3 is 10.2 Å². The number of hydrogen-bond donors (Lipinski definition) is 1. The van der Waals surface area contributed by atoms with E-state index >= 15 is 0 Å². The maximum atomic E-state index is 6.10. The van der Waals surface area contributed by atoms with E-state index in [1.807, 2.05) is 18.2 Å². The Morgan fingerprint density at radius 2 is 1.83 bits per heavy atom. The molecule has 6 heteroatoms. The van der Waals surface area contributed by atoms with Crippen molar-refractivity contribution < 1.29 is 4.74 Å². The van der Waals surface area contributed by atoms with E-state index in [9.17, 15) is 0 Å². The van der Waals surface area contributed by atoms with Crippen molar-refractivity contribution >= 4 is 11.6 Å². The number of halogens is 1. The molecular formula is C17H17ClN4O. The molecule has 2 aromatic carbocycles. The fourth-order valence-corrected chi connectivity index (χ4v) is 2.33. The predicted octanol–water partition coefficient (Wildman–Crippen LogP) is 3.56. The van der Waals surface area contributed by atoms with Crippen molar-refractivity contribution in [3.63, 3.8) is 0 Å². The maximum absolute atomic E-state index is 6.10. The molecule has 1 N–H and O–H groups in total. The smallest absolute Gasteiger partial charge is 0.138 e. The van der Waals surface area contributed by atoms with Crippen molar-refractivity contribution in [1.82, 2.24) is 14.9 Å². The second kappa shape index (κ2) is 7.15. The molecular weight excluding hydrogens is 312 g/mol. The third-order valence-corrected chi connectivity index (χ3v) is 3.64. The molecule has 0 unspecified atom stereocenters. The standard InChI is InChI=1S/C17H17ClN4O/c1-13-2-4-14(5-3-13)10-23-17-7-6-16(18)8-15(17)9-21-22-11-19-20-12-22/h2-8,11-12,21H,9-10H2,1H3. The Labute approximate surface area is 139 Å². The van der Waals surface area contributed by atoms with Gasteiger partial charge in [-0.2, -0.15) is 0 Å². The molecule has 118 valence electrons. The fourth-order valence-electron chi connectivity index (χ4n) is 2.13. The SMILES string of the molecule is Cc1ccc(COc2ccc(Cl)cc2CNn2cnnc2)cc1. The number of ether oxygens (including phenoxy) is 1. The lowest BCUT2D eigenvalue weighted by Crippen LogP contribution is -2.13. The van der Waals surface area contributed by atoms with Gasteiger partial charge in [0.2, 0.25) is 0 Å². The third-order valence-electron chi connectivity index (χ3n) is 3.41. The first-order chi connectivity index (χ1) is 11.2. The minimum atomic E-state index is 0.515. The van der Waals surface area contributed by atoms with Crippen LogP contribution in [0.4, 0.5) is 0 Å². The van der Waals surface area contributed by atoms with Crippen LogP contribution in [0.15, 0.2) is 55.1 Å². The topological polar surface area (TPSA) is 52.0 Å². The predicted molar refractivity (Wildman–Crippen MR) is 90.0 cm³/mol. The van der Waals surface area contributed by atoms with Gasteiger partial charge in [0.15, 0.2) is 0 Å². The molecule has 3 aromatic rings. The second-order valence-electron chi connectivity index (χ2n) is 5.23. The lowest BCUT2D eigenvalue weighted by atomic mass is 10.1. The summed E-state index contributed by atoms with van der Waals surface area (Å²) in [6.45, 7) is 3.14. The molecule has 23 heavy (non-hydrogen) atoms. The molecule has 0 atom stereocenters. The molecule has 0 radical (unpaired) electrons. The Hall–Kier alpha value is -2.53. The molecule has 0 saturated carbocycles. The molecule has 0 aliphatic heterocycles. The number of nitrogens with zero attached hydrogens (tertiary/aromatic N) is 3. The second-order valence-corrected chi connectivity index (χ2v) is 5.67. The van der Waals surface area contributed by atoms with Crippen LogP contribution in [-0.4, -0.2) is 14.9 Å². The number of aromatic nitrogens is 3. The van der Waals surface area contributed by atoms with Crippen LogP contribution < -0.4 is 10.2 Å². The van der Waals surface area contributed by atoms with Gasteiger partial charge in [-0.25, -0.2) is 4.68 Å². The zero-order valence-electron chi connectivity index (χ0n) is 12.7. The summed E-state index contributed by atoms with van der Waals surface area (Å²) >= 11 is 6.10. The minimum Gasteiger partial charge on any atom is -0.489 e. The molecule has 0 amide bonds. The summed E-state index contributed by atoms with van der Waals surface area (Å²) in [5.41, 5.74) is 6.50. The lowest BCUT2D eigenvalue weighted by molar-refractivity contribution is 0.303. The highest BCUT2D eigenvalue weighted by molar-refractivity contribution is 6.30. The van der Waals surface area contributed by atoms with Crippen molar-refractivity contribution in [2.75, 3.05) is 5.43 Å². The van der Waals surface area contributed by atoms with Gasteiger partial charge in [-0.05, 0) is 30.7 Å². The average Bonchev–Trinajstić information content (AvgIpc) is 3.07. The van der Waals surface area contributed by atoms with E-state index in [0.29, 0.717) is 18.2 Å². The molecule has 0 aliphatic carbocycles. The van der Waals surface area contributed by atoms with Crippen LogP contribution in [0.2, 0.25) is 5.02 Å². The highest BCUT2D eigenvalue weighted by Crippen LogP contribution is 2.24. The van der Waals surface area contributed by atoms with E-state index in [0.717, 1.165) is 16.9 Å². The summed E-state index contributed by atoms with van der Waals surface area (Å²) in [5, 5.41) is 8.18. The summed E-state index contributed by atoms with van der Waals surface area (Å²) in [6, 6.07) is 13.9. The normalized spacial score (nSPS) is 10.5. The number of rotatable bonds is 6. The van der Waals surface area contributed by atoms with Gasteiger partial charge >= 0.3 is 0 Å². The van der Waals surface area contributed by atoms with Crippen LogP contribution >= 0.6 is 11.6 Å². The summed E-state index contributed by atoms with van der Waals surface area (Å²) in [7, 11) is 0. The first-order valence-corrected chi connectivity index (χ1v) is 7.64. The summed E-state index contributed by atoms with van der Waals surface area (Å²) in [4.78, 5) is 0. The molecule has 0 saturated heterocycles. The van der Waals surface area contributed by atoms with Gasteiger partial charge in [-0.1, -0.05) is 41.4 Å². The van der Waals surface area contributed by atoms with Crippen molar-refractivity contribution in [2.24, 2.45) is 0 Å². The average molecular weight is 329 g/mol. The Balaban J connectivity index is 1.69. The number of benzene rings is 2. The van der Waals surface area contributed by atoms with Crippen molar-refractivity contribution in [3.8, 4) is 5.75 Å².